The zero-order chi connectivity index (χ0) is 21.3. The van der Waals surface area contributed by atoms with Crippen molar-refractivity contribution in [3.63, 3.8) is 0 Å². The van der Waals surface area contributed by atoms with Crippen molar-refractivity contribution in [1.82, 2.24) is 4.72 Å². The molecule has 0 fully saturated rings. The number of nitrogens with two attached hydrogens (primary N) is 1. The van der Waals surface area contributed by atoms with E-state index in [1.165, 1.54) is 12.7 Å². The van der Waals surface area contributed by atoms with Crippen LogP contribution in [0.25, 0.3) is 0 Å². The van der Waals surface area contributed by atoms with Crippen LogP contribution < -0.4 is 15.8 Å². The average molecular weight is 546 g/mol. The Morgan fingerprint density at radius 2 is 1.90 bits per heavy atom. The largest absolute Gasteiger partial charge is 0.383 e. The second kappa shape index (κ2) is 12.9. The van der Waals surface area contributed by atoms with E-state index in [0.29, 0.717) is 12.5 Å². The SMILES string of the molecule is CCC(C)c1ccc(NC(N)=NCc2cccc(S(=O)(=O)NCCOC)c2)cc1.I. The lowest BCUT2D eigenvalue weighted by Crippen LogP contribution is -2.27. The van der Waals surface area contributed by atoms with Crippen LogP contribution in [0.4, 0.5) is 5.69 Å². The van der Waals surface area contributed by atoms with Crippen LogP contribution in [0.15, 0.2) is 58.4 Å². The van der Waals surface area contributed by atoms with Crippen molar-refractivity contribution in [3.8, 4) is 0 Å². The number of hydrogen-bond acceptors (Lipinski definition) is 4. The zero-order valence-corrected chi connectivity index (χ0v) is 20.7. The molecule has 0 heterocycles. The summed E-state index contributed by atoms with van der Waals surface area (Å²) in [7, 11) is -2.06. The van der Waals surface area contributed by atoms with E-state index in [9.17, 15) is 8.42 Å². The van der Waals surface area contributed by atoms with Crippen molar-refractivity contribution >= 4 is 45.6 Å². The van der Waals surface area contributed by atoms with E-state index in [4.69, 9.17) is 10.5 Å². The molecule has 1 unspecified atom stereocenters. The van der Waals surface area contributed by atoms with Gasteiger partial charge in [-0.1, -0.05) is 38.1 Å². The molecule has 166 valence electrons. The molecule has 0 aliphatic rings. The quantitative estimate of drug-likeness (QED) is 0.183. The number of nitrogens with zero attached hydrogens (tertiary/aromatic N) is 1. The van der Waals surface area contributed by atoms with Gasteiger partial charge in [0.1, 0.15) is 0 Å². The van der Waals surface area contributed by atoms with E-state index in [1.807, 2.05) is 18.2 Å². The number of nitrogens with one attached hydrogen (secondary N) is 2. The van der Waals surface area contributed by atoms with Crippen molar-refractivity contribution in [1.29, 1.82) is 0 Å². The summed E-state index contributed by atoms with van der Waals surface area (Å²) in [6.45, 7) is 5.15. The lowest BCUT2D eigenvalue weighted by atomic mass is 9.99. The number of halogens is 1. The number of anilines is 1. The van der Waals surface area contributed by atoms with Crippen LogP contribution in [0.2, 0.25) is 0 Å². The van der Waals surface area contributed by atoms with Crippen LogP contribution in [0.1, 0.15) is 37.3 Å². The van der Waals surface area contributed by atoms with Crippen molar-refractivity contribution in [2.45, 2.75) is 37.6 Å². The van der Waals surface area contributed by atoms with Gasteiger partial charge in [-0.15, -0.1) is 24.0 Å². The highest BCUT2D eigenvalue weighted by Gasteiger charge is 2.13. The Kier molecular flexibility index (Phi) is 11.3. The molecule has 9 heteroatoms. The highest BCUT2D eigenvalue weighted by atomic mass is 127. The third-order valence-electron chi connectivity index (χ3n) is 4.60. The molecule has 2 aromatic rings. The summed E-state index contributed by atoms with van der Waals surface area (Å²) in [5.74, 6) is 0.787. The molecule has 0 saturated carbocycles. The first-order valence-electron chi connectivity index (χ1n) is 9.60. The van der Waals surface area contributed by atoms with E-state index < -0.39 is 10.0 Å². The van der Waals surface area contributed by atoms with Crippen molar-refractivity contribution in [2.24, 2.45) is 10.7 Å². The number of sulfonamides is 1. The number of hydrogen-bond donors (Lipinski definition) is 3. The summed E-state index contributed by atoms with van der Waals surface area (Å²) in [4.78, 5) is 4.50. The third-order valence-corrected chi connectivity index (χ3v) is 6.06. The van der Waals surface area contributed by atoms with Gasteiger partial charge in [0.25, 0.3) is 0 Å². The van der Waals surface area contributed by atoms with E-state index in [0.717, 1.165) is 17.7 Å². The Hall–Kier alpha value is -1.69. The van der Waals surface area contributed by atoms with Crippen LogP contribution in [-0.2, 0) is 21.3 Å². The highest BCUT2D eigenvalue weighted by molar-refractivity contribution is 14.0. The maximum atomic E-state index is 12.3. The van der Waals surface area contributed by atoms with Crippen LogP contribution in [0.3, 0.4) is 0 Å². The number of ether oxygens (including phenoxy) is 1. The van der Waals surface area contributed by atoms with Gasteiger partial charge in [-0.3, -0.25) is 0 Å². The smallest absolute Gasteiger partial charge is 0.240 e. The van der Waals surface area contributed by atoms with E-state index in [1.54, 1.807) is 18.2 Å². The van der Waals surface area contributed by atoms with Gasteiger partial charge in [0.2, 0.25) is 10.0 Å². The molecule has 1 atom stereocenters. The van der Waals surface area contributed by atoms with Crippen molar-refractivity contribution < 1.29 is 13.2 Å². The van der Waals surface area contributed by atoms with Gasteiger partial charge in [0, 0.05) is 19.3 Å². The third kappa shape index (κ3) is 8.21. The molecule has 2 aromatic carbocycles. The van der Waals surface area contributed by atoms with Crippen LogP contribution in [-0.4, -0.2) is 34.6 Å². The number of benzene rings is 2. The number of guanidine groups is 1. The van der Waals surface area contributed by atoms with Gasteiger partial charge in [-0.05, 0) is 47.7 Å². The summed E-state index contributed by atoms with van der Waals surface area (Å²) in [5, 5.41) is 3.06. The van der Waals surface area contributed by atoms with Crippen LogP contribution in [0, 0.1) is 0 Å². The molecule has 0 radical (unpaired) electrons. The first-order valence-corrected chi connectivity index (χ1v) is 11.1. The zero-order valence-electron chi connectivity index (χ0n) is 17.6. The lowest BCUT2D eigenvalue weighted by Gasteiger charge is -2.11. The van der Waals surface area contributed by atoms with Gasteiger partial charge in [0.15, 0.2) is 5.96 Å². The second-order valence-electron chi connectivity index (χ2n) is 6.80. The summed E-state index contributed by atoms with van der Waals surface area (Å²) in [6.07, 6.45) is 1.09. The van der Waals surface area contributed by atoms with Gasteiger partial charge in [-0.2, -0.15) is 0 Å². The van der Waals surface area contributed by atoms with E-state index >= 15 is 0 Å². The minimum Gasteiger partial charge on any atom is -0.383 e. The van der Waals surface area contributed by atoms with Crippen LogP contribution in [0.5, 0.6) is 0 Å². The molecule has 0 aromatic heterocycles. The summed E-state index contributed by atoms with van der Waals surface area (Å²) >= 11 is 0. The van der Waals surface area contributed by atoms with Gasteiger partial charge < -0.3 is 15.8 Å². The lowest BCUT2D eigenvalue weighted by molar-refractivity contribution is 0.204. The maximum absolute atomic E-state index is 12.3. The fourth-order valence-electron chi connectivity index (χ4n) is 2.67. The highest BCUT2D eigenvalue weighted by Crippen LogP contribution is 2.20. The Morgan fingerprint density at radius 3 is 2.53 bits per heavy atom. The molecule has 7 nitrogen and oxygen atoms in total. The minimum absolute atomic E-state index is 0. The van der Waals surface area contributed by atoms with E-state index in [-0.39, 0.29) is 47.9 Å². The molecular formula is C21H31IN4O3S. The topological polar surface area (TPSA) is 106 Å². The van der Waals surface area contributed by atoms with Crippen LogP contribution >= 0.6 is 24.0 Å². The number of aliphatic imine (C=N–C) groups is 1. The maximum Gasteiger partial charge on any atom is 0.240 e. The van der Waals surface area contributed by atoms with E-state index in [2.05, 4.69) is 41.0 Å². The summed E-state index contributed by atoms with van der Waals surface area (Å²) < 4.78 is 32.0. The predicted octanol–water partition coefficient (Wildman–Crippen LogP) is 3.67. The van der Waals surface area contributed by atoms with Gasteiger partial charge in [-0.25, -0.2) is 18.1 Å². The second-order valence-corrected chi connectivity index (χ2v) is 8.56. The Morgan fingerprint density at radius 1 is 1.20 bits per heavy atom. The van der Waals surface area contributed by atoms with Crippen molar-refractivity contribution in [2.75, 3.05) is 25.6 Å². The molecule has 0 aliphatic carbocycles. The number of methoxy groups -OCH3 is 1. The first kappa shape index (κ1) is 26.3. The Labute approximate surface area is 196 Å². The first-order chi connectivity index (χ1) is 13.9. The molecule has 30 heavy (non-hydrogen) atoms. The summed E-state index contributed by atoms with van der Waals surface area (Å²) in [5.41, 5.74) is 8.86. The Balaban J connectivity index is 0.00000450. The number of rotatable bonds is 10. The normalized spacial score (nSPS) is 12.8. The molecule has 0 bridgehead atoms. The van der Waals surface area contributed by atoms with Gasteiger partial charge >= 0.3 is 0 Å². The van der Waals surface area contributed by atoms with Gasteiger partial charge in [0.05, 0.1) is 18.0 Å². The fourth-order valence-corrected chi connectivity index (χ4v) is 3.75. The average Bonchev–Trinajstić information content (AvgIpc) is 2.72. The molecule has 4 N–H and O–H groups in total. The summed E-state index contributed by atoms with van der Waals surface area (Å²) in [6, 6.07) is 14.7. The van der Waals surface area contributed by atoms with Crippen molar-refractivity contribution in [3.05, 3.63) is 59.7 Å². The minimum atomic E-state index is -3.58. The fraction of sp³-hybridized carbons (Fsp3) is 0.381. The molecule has 2 rings (SSSR count). The molecule has 0 amide bonds. The molecular weight excluding hydrogens is 515 g/mol. The predicted molar refractivity (Wildman–Crippen MR) is 133 cm³/mol. The monoisotopic (exact) mass is 546 g/mol. The Bertz CT molecular complexity index is 918. The molecule has 0 aliphatic heterocycles. The molecule has 0 saturated heterocycles. The standard InChI is InChI=1S/C21H30N4O3S.HI/c1-4-16(2)18-8-10-19(11-9-18)25-21(22)23-15-17-6-5-7-20(14-17)29(26,27)24-12-13-28-3;/h5-11,14,16,24H,4,12-13,15H2,1-3H3,(H3,22,23,25);1H. The molecule has 0 spiro atoms.